The number of carbonyl (C=O) groups excluding carboxylic acids is 3. The number of benzene rings is 4. The first-order chi connectivity index (χ1) is 20.6. The molecule has 0 unspecified atom stereocenters. The third kappa shape index (κ3) is 6.09. The molecular formula is C33H28N3NaO6S. The Morgan fingerprint density at radius 3 is 1.84 bits per heavy atom. The molecule has 11 heteroatoms. The number of hydrogen-bond acceptors (Lipinski definition) is 8. The maximum Gasteiger partial charge on any atom is 1.00 e. The van der Waals surface area contributed by atoms with E-state index in [1.807, 2.05) is 36.4 Å². The van der Waals surface area contributed by atoms with Crippen molar-refractivity contribution in [3.8, 4) is 11.1 Å². The predicted octanol–water partition coefficient (Wildman–Crippen LogP) is 2.88. The minimum absolute atomic E-state index is 0. The normalized spacial score (nSPS) is 14.7. The molecule has 6 rings (SSSR count). The number of hydrogen-bond donors (Lipinski definition) is 3. The van der Waals surface area contributed by atoms with Crippen LogP contribution in [0.4, 0.5) is 22.7 Å². The van der Waals surface area contributed by atoms with Gasteiger partial charge in [-0.05, 0) is 54.3 Å². The van der Waals surface area contributed by atoms with Crippen LogP contribution in [-0.2, 0) is 14.9 Å². The number of rotatable bonds is 6. The maximum absolute atomic E-state index is 13.5. The van der Waals surface area contributed by atoms with Gasteiger partial charge in [0.15, 0.2) is 11.6 Å². The van der Waals surface area contributed by atoms with Crippen molar-refractivity contribution in [3.05, 3.63) is 101 Å². The number of ketones is 2. The van der Waals surface area contributed by atoms with Crippen molar-refractivity contribution in [1.82, 2.24) is 0 Å². The first kappa shape index (κ1) is 31.6. The van der Waals surface area contributed by atoms with Crippen molar-refractivity contribution in [2.45, 2.75) is 37.0 Å². The number of anilines is 4. The van der Waals surface area contributed by atoms with Crippen molar-refractivity contribution in [2.24, 2.45) is 5.92 Å². The Balaban J connectivity index is 0.00000384. The van der Waals surface area contributed by atoms with Crippen LogP contribution in [0.3, 0.4) is 0 Å². The van der Waals surface area contributed by atoms with Gasteiger partial charge >= 0.3 is 29.6 Å². The second kappa shape index (κ2) is 12.7. The van der Waals surface area contributed by atoms with Crippen LogP contribution in [0.15, 0.2) is 83.8 Å². The molecule has 44 heavy (non-hydrogen) atoms. The number of nitrogen functional groups attached to an aromatic ring is 1. The summed E-state index contributed by atoms with van der Waals surface area (Å²) in [5.74, 6) is -1.02. The molecular weight excluding hydrogens is 589 g/mol. The van der Waals surface area contributed by atoms with Crippen LogP contribution in [-0.4, -0.2) is 30.4 Å². The molecule has 0 bridgehead atoms. The van der Waals surface area contributed by atoms with Crippen molar-refractivity contribution >= 4 is 50.3 Å². The average Bonchev–Trinajstić information content (AvgIpc) is 3.01. The van der Waals surface area contributed by atoms with Gasteiger partial charge in [0.2, 0.25) is 5.91 Å². The second-order valence-electron chi connectivity index (χ2n) is 10.8. The predicted molar refractivity (Wildman–Crippen MR) is 162 cm³/mol. The molecule has 2 aliphatic carbocycles. The first-order valence-electron chi connectivity index (χ1n) is 14.0. The molecule has 0 saturated heterocycles. The van der Waals surface area contributed by atoms with E-state index in [2.05, 4.69) is 10.6 Å². The van der Waals surface area contributed by atoms with Gasteiger partial charge in [0.05, 0.1) is 27.4 Å². The zero-order valence-electron chi connectivity index (χ0n) is 24.1. The number of nitrogens with one attached hydrogen (secondary N) is 2. The van der Waals surface area contributed by atoms with E-state index in [1.54, 1.807) is 24.3 Å². The topological polar surface area (TPSA) is 158 Å². The monoisotopic (exact) mass is 617 g/mol. The van der Waals surface area contributed by atoms with Crippen molar-refractivity contribution in [1.29, 1.82) is 0 Å². The van der Waals surface area contributed by atoms with Gasteiger partial charge in [0, 0.05) is 28.4 Å². The summed E-state index contributed by atoms with van der Waals surface area (Å²) in [6.45, 7) is 0. The maximum atomic E-state index is 13.5. The molecule has 4 N–H and O–H groups in total. The summed E-state index contributed by atoms with van der Waals surface area (Å²) in [6.07, 6.45) is 5.21. The summed E-state index contributed by atoms with van der Waals surface area (Å²) in [4.78, 5) is 38.6. The molecule has 218 valence electrons. The fourth-order valence-corrected chi connectivity index (χ4v) is 6.49. The van der Waals surface area contributed by atoms with Crippen molar-refractivity contribution in [3.63, 3.8) is 0 Å². The molecule has 4 aromatic carbocycles. The molecule has 0 heterocycles. The van der Waals surface area contributed by atoms with Gasteiger partial charge in [-0.25, -0.2) is 8.42 Å². The fraction of sp³-hybridized carbons (Fsp3) is 0.182. The zero-order valence-corrected chi connectivity index (χ0v) is 26.9. The standard InChI is InChI=1S/C33H29N3O6S.Na/c34-30-27(43(40,41)42)18-26(28-29(30)32(38)25-9-5-4-8-24(25)31(28)37)35-22-14-10-19(11-15-22)20-12-16-23(17-13-20)36-33(39)21-6-2-1-3-7-21;/h4-5,8-18,21,35H,1-3,6-7,34H2,(H,36,39)(H,40,41,42);/q;+1/p-1. The van der Waals surface area contributed by atoms with Gasteiger partial charge in [-0.2, -0.15) is 0 Å². The van der Waals surface area contributed by atoms with Gasteiger partial charge in [-0.1, -0.05) is 67.8 Å². The summed E-state index contributed by atoms with van der Waals surface area (Å²) >= 11 is 0. The minimum atomic E-state index is -5.07. The van der Waals surface area contributed by atoms with Crippen LogP contribution in [0.2, 0.25) is 0 Å². The van der Waals surface area contributed by atoms with E-state index >= 15 is 0 Å². The van der Waals surface area contributed by atoms with Gasteiger partial charge in [-0.3, -0.25) is 14.4 Å². The van der Waals surface area contributed by atoms with E-state index in [-0.39, 0.29) is 69.3 Å². The average molecular weight is 618 g/mol. The van der Waals surface area contributed by atoms with E-state index in [4.69, 9.17) is 5.73 Å². The number of amides is 1. The number of fused-ring (bicyclic) bond motifs is 2. The molecule has 0 aliphatic heterocycles. The second-order valence-corrected chi connectivity index (χ2v) is 12.2. The first-order valence-corrected chi connectivity index (χ1v) is 15.4. The van der Waals surface area contributed by atoms with E-state index in [0.29, 0.717) is 5.69 Å². The van der Waals surface area contributed by atoms with Crippen molar-refractivity contribution in [2.75, 3.05) is 16.4 Å². The molecule has 0 spiro atoms. The van der Waals surface area contributed by atoms with Crippen LogP contribution in [0.5, 0.6) is 0 Å². The van der Waals surface area contributed by atoms with E-state index in [1.165, 1.54) is 18.6 Å². The van der Waals surface area contributed by atoms with E-state index in [9.17, 15) is 27.4 Å². The number of carbonyl (C=O) groups is 3. The Kier molecular flexibility index (Phi) is 9.10. The Morgan fingerprint density at radius 2 is 1.30 bits per heavy atom. The summed E-state index contributed by atoms with van der Waals surface area (Å²) in [5.41, 5.74) is 8.30. The van der Waals surface area contributed by atoms with Gasteiger partial charge < -0.3 is 20.9 Å². The van der Waals surface area contributed by atoms with Gasteiger partial charge in [0.1, 0.15) is 10.1 Å². The smallest absolute Gasteiger partial charge is 0.744 e. The van der Waals surface area contributed by atoms with Gasteiger partial charge in [-0.15, -0.1) is 0 Å². The summed E-state index contributed by atoms with van der Waals surface area (Å²) < 4.78 is 36.2. The third-order valence-corrected chi connectivity index (χ3v) is 8.97. The Hall–Kier alpha value is -3.80. The molecule has 9 nitrogen and oxygen atoms in total. The molecule has 1 amide bonds. The summed E-state index contributed by atoms with van der Waals surface area (Å²) in [7, 11) is -5.07. The Morgan fingerprint density at radius 1 is 0.773 bits per heavy atom. The molecule has 0 radical (unpaired) electrons. The van der Waals surface area contributed by atoms with Crippen LogP contribution >= 0.6 is 0 Å². The minimum Gasteiger partial charge on any atom is -0.744 e. The van der Waals surface area contributed by atoms with Crippen LogP contribution < -0.4 is 45.9 Å². The molecule has 2 aliphatic rings. The molecule has 0 atom stereocenters. The Labute approximate surface area is 277 Å². The van der Waals surface area contributed by atoms with Crippen LogP contribution in [0.1, 0.15) is 63.9 Å². The SMILES string of the molecule is Nc1c(S(=O)(=O)[O-])cc(Nc2ccc(-c3ccc(NC(=O)C4CCCCC4)cc3)cc2)c2c1C(=O)c1ccccc1C2=O.[Na+]. The molecule has 0 aromatic heterocycles. The number of nitrogens with two attached hydrogens (primary N) is 1. The van der Waals surface area contributed by atoms with E-state index < -0.39 is 32.3 Å². The van der Waals surface area contributed by atoms with Gasteiger partial charge in [0.25, 0.3) is 0 Å². The zero-order chi connectivity index (χ0) is 30.3. The van der Waals surface area contributed by atoms with Crippen LogP contribution in [0.25, 0.3) is 11.1 Å². The molecule has 1 saturated carbocycles. The fourth-order valence-electron chi connectivity index (χ4n) is 5.86. The van der Waals surface area contributed by atoms with Crippen molar-refractivity contribution < 1.29 is 56.9 Å². The third-order valence-electron chi connectivity index (χ3n) is 8.09. The Bertz CT molecular complexity index is 1880. The molecule has 1 fully saturated rings. The quantitative estimate of drug-likeness (QED) is 0.149. The summed E-state index contributed by atoms with van der Waals surface area (Å²) in [5, 5.41) is 6.02. The largest absolute Gasteiger partial charge is 1.00 e. The van der Waals surface area contributed by atoms with Crippen LogP contribution in [0, 0.1) is 5.92 Å². The molecule has 4 aromatic rings. The summed E-state index contributed by atoms with van der Waals surface area (Å²) in [6, 6.07) is 21.8. The van der Waals surface area contributed by atoms with E-state index in [0.717, 1.165) is 48.6 Å².